The summed E-state index contributed by atoms with van der Waals surface area (Å²) >= 11 is 1.65. The number of thiophene rings is 1. The molecule has 0 fully saturated rings. The third-order valence-electron chi connectivity index (χ3n) is 3.01. The van der Waals surface area contributed by atoms with Crippen LogP contribution in [0.2, 0.25) is 0 Å². The Morgan fingerprint density at radius 1 is 1.22 bits per heavy atom. The molecule has 94 valence electrons. The van der Waals surface area contributed by atoms with Crippen molar-refractivity contribution in [3.63, 3.8) is 0 Å². The molecule has 1 N–H and O–H groups in total. The molecule has 2 heterocycles. The molecule has 0 saturated carbocycles. The van der Waals surface area contributed by atoms with Crippen molar-refractivity contribution in [2.24, 2.45) is 0 Å². The minimum absolute atomic E-state index is 0.258. The molecule has 2 aromatic rings. The summed E-state index contributed by atoms with van der Waals surface area (Å²) in [5.41, 5.74) is 0.837. The van der Waals surface area contributed by atoms with Gasteiger partial charge in [0.2, 0.25) is 6.79 Å². The lowest BCUT2D eigenvalue weighted by Crippen LogP contribution is -1.96. The van der Waals surface area contributed by atoms with Crippen LogP contribution >= 0.6 is 11.3 Å². The Balaban J connectivity index is 1.89. The fourth-order valence-corrected chi connectivity index (χ4v) is 2.95. The van der Waals surface area contributed by atoms with Gasteiger partial charge in [0, 0.05) is 9.75 Å². The molecule has 0 radical (unpaired) electrons. The summed E-state index contributed by atoms with van der Waals surface area (Å²) in [4.78, 5) is 2.25. The Morgan fingerprint density at radius 2 is 2.06 bits per heavy atom. The molecule has 0 amide bonds. The van der Waals surface area contributed by atoms with Crippen LogP contribution in [-0.2, 0) is 6.42 Å². The first-order valence-corrected chi connectivity index (χ1v) is 6.76. The SMILES string of the molecule is CCc1ccc(C(O)c2ccc3c(c2)OCO3)s1. The monoisotopic (exact) mass is 262 g/mol. The smallest absolute Gasteiger partial charge is 0.231 e. The third-order valence-corrected chi connectivity index (χ3v) is 4.29. The number of ether oxygens (including phenoxy) is 2. The second kappa shape index (κ2) is 4.63. The van der Waals surface area contributed by atoms with Crippen molar-refractivity contribution in [3.05, 3.63) is 45.6 Å². The van der Waals surface area contributed by atoms with E-state index < -0.39 is 6.10 Å². The summed E-state index contributed by atoms with van der Waals surface area (Å²) in [5.74, 6) is 1.45. The predicted molar refractivity (Wildman–Crippen MR) is 70.3 cm³/mol. The highest BCUT2D eigenvalue weighted by molar-refractivity contribution is 7.12. The number of benzene rings is 1. The second-order valence-electron chi connectivity index (χ2n) is 4.17. The van der Waals surface area contributed by atoms with Gasteiger partial charge in [0.15, 0.2) is 11.5 Å². The van der Waals surface area contributed by atoms with Gasteiger partial charge >= 0.3 is 0 Å². The van der Waals surface area contributed by atoms with E-state index >= 15 is 0 Å². The van der Waals surface area contributed by atoms with Crippen molar-refractivity contribution < 1.29 is 14.6 Å². The van der Waals surface area contributed by atoms with Gasteiger partial charge in [-0.2, -0.15) is 0 Å². The molecule has 0 saturated heterocycles. The first-order valence-electron chi connectivity index (χ1n) is 5.94. The Hall–Kier alpha value is -1.52. The first kappa shape index (κ1) is 11.6. The summed E-state index contributed by atoms with van der Waals surface area (Å²) in [5, 5.41) is 10.3. The Morgan fingerprint density at radius 3 is 2.83 bits per heavy atom. The summed E-state index contributed by atoms with van der Waals surface area (Å²) in [6.45, 7) is 2.37. The van der Waals surface area contributed by atoms with Crippen LogP contribution in [0.3, 0.4) is 0 Å². The molecule has 1 aromatic carbocycles. The zero-order chi connectivity index (χ0) is 12.5. The zero-order valence-electron chi connectivity index (χ0n) is 10.1. The van der Waals surface area contributed by atoms with Crippen LogP contribution in [0.15, 0.2) is 30.3 Å². The maximum Gasteiger partial charge on any atom is 0.231 e. The van der Waals surface area contributed by atoms with Gasteiger partial charge in [-0.25, -0.2) is 0 Å². The minimum atomic E-state index is -0.593. The van der Waals surface area contributed by atoms with Crippen LogP contribution in [0.5, 0.6) is 11.5 Å². The molecular weight excluding hydrogens is 248 g/mol. The fourth-order valence-electron chi connectivity index (χ4n) is 1.98. The lowest BCUT2D eigenvalue weighted by molar-refractivity contribution is 0.173. The Bertz CT molecular complexity index is 562. The highest BCUT2D eigenvalue weighted by Gasteiger charge is 2.18. The van der Waals surface area contributed by atoms with Crippen molar-refractivity contribution in [2.75, 3.05) is 6.79 Å². The average molecular weight is 262 g/mol. The summed E-state index contributed by atoms with van der Waals surface area (Å²) in [6, 6.07) is 9.62. The summed E-state index contributed by atoms with van der Waals surface area (Å²) < 4.78 is 10.6. The van der Waals surface area contributed by atoms with Crippen LogP contribution in [0.4, 0.5) is 0 Å². The second-order valence-corrected chi connectivity index (χ2v) is 5.37. The molecule has 1 aromatic heterocycles. The van der Waals surface area contributed by atoms with Gasteiger partial charge in [-0.15, -0.1) is 11.3 Å². The summed E-state index contributed by atoms with van der Waals surface area (Å²) in [7, 11) is 0. The standard InChI is InChI=1S/C14H14O3S/c1-2-10-4-6-13(18-10)14(15)9-3-5-11-12(7-9)17-8-16-11/h3-7,14-15H,2,8H2,1H3. The van der Waals surface area contributed by atoms with E-state index in [1.165, 1.54) is 4.88 Å². The highest BCUT2D eigenvalue weighted by atomic mass is 32.1. The van der Waals surface area contributed by atoms with Crippen LogP contribution < -0.4 is 9.47 Å². The number of hydrogen-bond donors (Lipinski definition) is 1. The predicted octanol–water partition coefficient (Wildman–Crippen LogP) is 3.12. The number of aliphatic hydroxyl groups is 1. The molecular formula is C14H14O3S. The molecule has 3 rings (SSSR count). The molecule has 3 nitrogen and oxygen atoms in total. The molecule has 1 unspecified atom stereocenters. The Kier molecular flexibility index (Phi) is 2.97. The van der Waals surface area contributed by atoms with Crippen LogP contribution in [0.25, 0.3) is 0 Å². The number of aryl methyl sites for hydroxylation is 1. The zero-order valence-corrected chi connectivity index (χ0v) is 10.9. The van der Waals surface area contributed by atoms with Crippen LogP contribution in [0, 0.1) is 0 Å². The maximum atomic E-state index is 10.3. The maximum absolute atomic E-state index is 10.3. The van der Waals surface area contributed by atoms with Gasteiger partial charge in [0.1, 0.15) is 6.10 Å². The molecule has 0 aliphatic carbocycles. The van der Waals surface area contributed by atoms with E-state index in [1.807, 2.05) is 24.3 Å². The van der Waals surface area contributed by atoms with Crippen molar-refractivity contribution in [1.82, 2.24) is 0 Å². The van der Waals surface area contributed by atoms with E-state index in [0.29, 0.717) is 5.75 Å². The topological polar surface area (TPSA) is 38.7 Å². The third kappa shape index (κ3) is 1.98. The molecule has 1 aliphatic heterocycles. The van der Waals surface area contributed by atoms with Crippen molar-refractivity contribution in [1.29, 1.82) is 0 Å². The van der Waals surface area contributed by atoms with E-state index in [0.717, 1.165) is 22.6 Å². The number of rotatable bonds is 3. The van der Waals surface area contributed by atoms with Gasteiger partial charge in [0.05, 0.1) is 0 Å². The minimum Gasteiger partial charge on any atom is -0.454 e. The van der Waals surface area contributed by atoms with Crippen LogP contribution in [-0.4, -0.2) is 11.9 Å². The molecule has 18 heavy (non-hydrogen) atoms. The number of hydrogen-bond acceptors (Lipinski definition) is 4. The Labute approximate surface area is 110 Å². The van der Waals surface area contributed by atoms with E-state index in [2.05, 4.69) is 13.0 Å². The van der Waals surface area contributed by atoms with Crippen molar-refractivity contribution in [2.45, 2.75) is 19.4 Å². The summed E-state index contributed by atoms with van der Waals surface area (Å²) in [6.07, 6.45) is 0.406. The van der Waals surface area contributed by atoms with E-state index in [1.54, 1.807) is 11.3 Å². The van der Waals surface area contributed by atoms with Crippen LogP contribution in [0.1, 0.15) is 28.3 Å². The van der Waals surface area contributed by atoms with Crippen molar-refractivity contribution in [3.8, 4) is 11.5 Å². The lowest BCUT2D eigenvalue weighted by Gasteiger charge is -2.09. The van der Waals surface area contributed by atoms with E-state index in [4.69, 9.17) is 9.47 Å². The molecule has 0 spiro atoms. The quantitative estimate of drug-likeness (QED) is 0.923. The average Bonchev–Trinajstić information content (AvgIpc) is 3.05. The number of aliphatic hydroxyl groups excluding tert-OH is 1. The molecule has 0 bridgehead atoms. The van der Waals surface area contributed by atoms with Gasteiger partial charge in [-0.05, 0) is 36.2 Å². The fraction of sp³-hybridized carbons (Fsp3) is 0.286. The lowest BCUT2D eigenvalue weighted by atomic mass is 10.1. The normalized spacial score (nSPS) is 14.8. The first-order chi connectivity index (χ1) is 8.78. The van der Waals surface area contributed by atoms with E-state index in [9.17, 15) is 5.11 Å². The van der Waals surface area contributed by atoms with Gasteiger partial charge < -0.3 is 14.6 Å². The van der Waals surface area contributed by atoms with Crippen molar-refractivity contribution >= 4 is 11.3 Å². The van der Waals surface area contributed by atoms with Gasteiger partial charge in [0.25, 0.3) is 0 Å². The van der Waals surface area contributed by atoms with Gasteiger partial charge in [-0.3, -0.25) is 0 Å². The molecule has 1 aliphatic rings. The van der Waals surface area contributed by atoms with Gasteiger partial charge in [-0.1, -0.05) is 13.0 Å². The molecule has 4 heteroatoms. The highest BCUT2D eigenvalue weighted by Crippen LogP contribution is 2.36. The molecule has 1 atom stereocenters. The largest absolute Gasteiger partial charge is 0.454 e. The van der Waals surface area contributed by atoms with E-state index in [-0.39, 0.29) is 6.79 Å². The number of fused-ring (bicyclic) bond motifs is 1.